The van der Waals surface area contributed by atoms with Crippen LogP contribution in [0.2, 0.25) is 0 Å². The normalized spacial score (nSPS) is 12.3. The van der Waals surface area contributed by atoms with Crippen LogP contribution in [0.5, 0.6) is 0 Å². The van der Waals surface area contributed by atoms with Crippen molar-refractivity contribution in [2.75, 3.05) is 13.1 Å². The van der Waals surface area contributed by atoms with Crippen LogP contribution in [0.15, 0.2) is 12.4 Å². The van der Waals surface area contributed by atoms with Gasteiger partial charge in [-0.15, -0.1) is 5.10 Å². The topological polar surface area (TPSA) is 66.5 Å². The Labute approximate surface area is 83.7 Å². The van der Waals surface area contributed by atoms with Crippen LogP contribution in [-0.4, -0.2) is 28.1 Å². The first-order valence-electron chi connectivity index (χ1n) is 4.77. The average Bonchev–Trinajstić information content (AvgIpc) is 2.69. The first kappa shape index (κ1) is 10.7. The molecule has 0 aliphatic heterocycles. The van der Waals surface area contributed by atoms with Gasteiger partial charge in [-0.3, -0.25) is 4.68 Å². The molecule has 5 heteroatoms. The minimum Gasteiger partial charge on any atom is -0.315 e. The van der Waals surface area contributed by atoms with Crippen molar-refractivity contribution in [3.05, 3.63) is 12.4 Å². The number of rotatable bonds is 6. The van der Waals surface area contributed by atoms with Gasteiger partial charge in [0.2, 0.25) is 0 Å². The van der Waals surface area contributed by atoms with Gasteiger partial charge in [0.15, 0.2) is 0 Å². The van der Waals surface area contributed by atoms with Gasteiger partial charge in [0.1, 0.15) is 0 Å². The molecule has 1 aromatic heterocycles. The second kappa shape index (κ2) is 6.11. The lowest BCUT2D eigenvalue weighted by Crippen LogP contribution is -2.22. The van der Waals surface area contributed by atoms with Crippen LogP contribution >= 0.6 is 0 Å². The van der Waals surface area contributed by atoms with Crippen molar-refractivity contribution < 1.29 is 0 Å². The minimum atomic E-state index is 0.0846. The summed E-state index contributed by atoms with van der Waals surface area (Å²) in [6.07, 6.45) is 4.52. The number of hydrogen-bond acceptors (Lipinski definition) is 4. The van der Waals surface area contributed by atoms with Crippen molar-refractivity contribution in [3.8, 4) is 6.07 Å². The number of aromatic nitrogens is 3. The van der Waals surface area contributed by atoms with Crippen LogP contribution in [0.4, 0.5) is 0 Å². The molecule has 0 fully saturated rings. The zero-order valence-corrected chi connectivity index (χ0v) is 8.35. The van der Waals surface area contributed by atoms with Gasteiger partial charge in [-0.1, -0.05) is 5.21 Å². The highest BCUT2D eigenvalue weighted by atomic mass is 15.4. The predicted octanol–water partition coefficient (Wildman–Crippen LogP) is 0.417. The van der Waals surface area contributed by atoms with Gasteiger partial charge < -0.3 is 5.32 Å². The maximum atomic E-state index is 8.53. The predicted molar refractivity (Wildman–Crippen MR) is 52.3 cm³/mol. The lowest BCUT2D eigenvalue weighted by atomic mass is 10.2. The van der Waals surface area contributed by atoms with Gasteiger partial charge in [0.05, 0.1) is 18.2 Å². The Kier molecular flexibility index (Phi) is 4.65. The first-order valence-corrected chi connectivity index (χ1v) is 4.77. The zero-order valence-electron chi connectivity index (χ0n) is 8.35. The van der Waals surface area contributed by atoms with Crippen LogP contribution in [-0.2, 0) is 6.54 Å². The van der Waals surface area contributed by atoms with Crippen LogP contribution < -0.4 is 5.32 Å². The summed E-state index contributed by atoms with van der Waals surface area (Å²) in [4.78, 5) is 0. The van der Waals surface area contributed by atoms with Crippen LogP contribution in [0.25, 0.3) is 0 Å². The number of aryl methyl sites for hydroxylation is 1. The molecule has 1 unspecified atom stereocenters. The Balaban J connectivity index is 1.98. The fourth-order valence-corrected chi connectivity index (χ4v) is 1.08. The first-order chi connectivity index (χ1) is 6.83. The number of nitrogens with zero attached hydrogens (tertiary/aromatic N) is 4. The van der Waals surface area contributed by atoms with Crippen LogP contribution in [0.1, 0.15) is 13.3 Å². The third-order valence-electron chi connectivity index (χ3n) is 1.88. The van der Waals surface area contributed by atoms with E-state index in [2.05, 4.69) is 21.7 Å². The van der Waals surface area contributed by atoms with E-state index in [1.54, 1.807) is 10.9 Å². The molecule has 1 heterocycles. The molecule has 0 amide bonds. The summed E-state index contributed by atoms with van der Waals surface area (Å²) in [5, 5.41) is 19.3. The summed E-state index contributed by atoms with van der Waals surface area (Å²) in [5.41, 5.74) is 0. The maximum Gasteiger partial charge on any atom is 0.0692 e. The second-order valence-corrected chi connectivity index (χ2v) is 3.25. The molecule has 0 aliphatic rings. The second-order valence-electron chi connectivity index (χ2n) is 3.25. The highest BCUT2D eigenvalue weighted by Crippen LogP contribution is 1.89. The third kappa shape index (κ3) is 4.01. The highest BCUT2D eigenvalue weighted by Gasteiger charge is 1.97. The van der Waals surface area contributed by atoms with E-state index in [1.807, 2.05) is 13.1 Å². The standard InChI is InChI=1S/C9H15N5/c1-9(7-10)8-11-3-2-5-14-6-4-12-13-14/h4,6,9,11H,2-3,5,8H2,1H3. The molecule has 76 valence electrons. The fourth-order valence-electron chi connectivity index (χ4n) is 1.08. The van der Waals surface area contributed by atoms with Gasteiger partial charge in [0, 0.05) is 19.3 Å². The van der Waals surface area contributed by atoms with Gasteiger partial charge in [-0.05, 0) is 19.9 Å². The number of nitrogens with one attached hydrogen (secondary N) is 1. The quantitative estimate of drug-likeness (QED) is 0.665. The van der Waals surface area contributed by atoms with Crippen LogP contribution in [0.3, 0.4) is 0 Å². The van der Waals surface area contributed by atoms with E-state index in [-0.39, 0.29) is 5.92 Å². The Morgan fingerprint density at radius 3 is 3.14 bits per heavy atom. The minimum absolute atomic E-state index is 0.0846. The average molecular weight is 193 g/mol. The Morgan fingerprint density at radius 1 is 1.64 bits per heavy atom. The summed E-state index contributed by atoms with van der Waals surface area (Å²) < 4.78 is 1.80. The Morgan fingerprint density at radius 2 is 2.50 bits per heavy atom. The van der Waals surface area contributed by atoms with Gasteiger partial charge in [-0.2, -0.15) is 5.26 Å². The SMILES string of the molecule is CC(C#N)CNCCCn1ccnn1. The molecule has 0 saturated heterocycles. The van der Waals surface area contributed by atoms with Gasteiger partial charge in [-0.25, -0.2) is 0 Å². The van der Waals surface area contributed by atoms with Crippen molar-refractivity contribution >= 4 is 0 Å². The summed E-state index contributed by atoms with van der Waals surface area (Å²) in [6.45, 7) is 4.44. The lowest BCUT2D eigenvalue weighted by molar-refractivity contribution is 0.516. The molecule has 1 N–H and O–H groups in total. The number of hydrogen-bond donors (Lipinski definition) is 1. The van der Waals surface area contributed by atoms with E-state index in [0.717, 1.165) is 26.1 Å². The van der Waals surface area contributed by atoms with Crippen LogP contribution in [0, 0.1) is 17.2 Å². The molecule has 0 aliphatic carbocycles. The van der Waals surface area contributed by atoms with Crippen molar-refractivity contribution in [2.24, 2.45) is 5.92 Å². The van der Waals surface area contributed by atoms with Crippen molar-refractivity contribution in [1.82, 2.24) is 20.3 Å². The molecule has 14 heavy (non-hydrogen) atoms. The lowest BCUT2D eigenvalue weighted by Gasteiger charge is -2.05. The largest absolute Gasteiger partial charge is 0.315 e. The molecule has 0 saturated carbocycles. The van der Waals surface area contributed by atoms with E-state index in [9.17, 15) is 0 Å². The molecule has 5 nitrogen and oxygen atoms in total. The molecule has 0 spiro atoms. The maximum absolute atomic E-state index is 8.53. The fraction of sp³-hybridized carbons (Fsp3) is 0.667. The van der Waals surface area contributed by atoms with Crippen molar-refractivity contribution in [2.45, 2.75) is 19.9 Å². The molecule has 1 aromatic rings. The van der Waals surface area contributed by atoms with E-state index < -0.39 is 0 Å². The molecule has 0 bridgehead atoms. The molecule has 0 aromatic carbocycles. The summed E-state index contributed by atoms with van der Waals surface area (Å²) >= 11 is 0. The number of nitriles is 1. The van der Waals surface area contributed by atoms with Gasteiger partial charge >= 0.3 is 0 Å². The Hall–Kier alpha value is -1.41. The molecule has 1 atom stereocenters. The Bertz CT molecular complexity index is 274. The third-order valence-corrected chi connectivity index (χ3v) is 1.88. The van der Waals surface area contributed by atoms with E-state index >= 15 is 0 Å². The molecular weight excluding hydrogens is 178 g/mol. The summed E-state index contributed by atoms with van der Waals surface area (Å²) in [6, 6.07) is 2.18. The smallest absolute Gasteiger partial charge is 0.0692 e. The van der Waals surface area contributed by atoms with Gasteiger partial charge in [0.25, 0.3) is 0 Å². The molecule has 1 rings (SSSR count). The van der Waals surface area contributed by atoms with Crippen molar-refractivity contribution in [3.63, 3.8) is 0 Å². The summed E-state index contributed by atoms with van der Waals surface area (Å²) in [5.74, 6) is 0.0846. The van der Waals surface area contributed by atoms with Crippen molar-refractivity contribution in [1.29, 1.82) is 5.26 Å². The van der Waals surface area contributed by atoms with E-state index in [4.69, 9.17) is 5.26 Å². The summed E-state index contributed by atoms with van der Waals surface area (Å²) in [7, 11) is 0. The van der Waals surface area contributed by atoms with E-state index in [1.165, 1.54) is 0 Å². The molecular formula is C9H15N5. The molecule has 0 radical (unpaired) electrons. The van der Waals surface area contributed by atoms with E-state index in [0.29, 0.717) is 0 Å². The monoisotopic (exact) mass is 193 g/mol. The zero-order chi connectivity index (χ0) is 10.2. The highest BCUT2D eigenvalue weighted by molar-refractivity contribution is 4.79.